The van der Waals surface area contributed by atoms with Crippen LogP contribution in [0.5, 0.6) is 0 Å². The molecule has 0 bridgehead atoms. The van der Waals surface area contributed by atoms with Gasteiger partial charge in [-0.2, -0.15) is 0 Å². The molecule has 0 nitrogen and oxygen atoms in total. The molecule has 0 saturated heterocycles. The molecule has 0 aromatic carbocycles. The minimum Gasteiger partial charge on any atom is 0 e. The van der Waals surface area contributed by atoms with Crippen molar-refractivity contribution >= 4 is 114 Å². The third-order valence-electron chi connectivity index (χ3n) is 0. The zero-order chi connectivity index (χ0) is 0. The average molecular weight is 264 g/mol. The van der Waals surface area contributed by atoms with Crippen LogP contribution in [0.1, 0.15) is 0 Å². The van der Waals surface area contributed by atoms with E-state index in [1.54, 1.807) is 0 Å². The van der Waals surface area contributed by atoms with E-state index in [0.29, 0.717) is 0 Å². The Hall–Kier alpha value is 3.33. The van der Waals surface area contributed by atoms with Crippen LogP contribution in [-0.2, 0) is 0 Å². The predicted molar refractivity (Wildman–Crippen MR) is 23.0 cm³/mol. The van der Waals surface area contributed by atoms with E-state index in [1.807, 2.05) is 0 Å². The molecule has 0 aromatic heterocycles. The molecule has 0 spiro atoms. The van der Waals surface area contributed by atoms with Crippen LogP contribution in [0.15, 0.2) is 0 Å². The van der Waals surface area contributed by atoms with Gasteiger partial charge in [-0.05, 0) is 0 Å². The van der Waals surface area contributed by atoms with Gasteiger partial charge in [-0.25, -0.2) is 0 Å². The third-order valence-corrected chi connectivity index (χ3v) is 0. The van der Waals surface area contributed by atoms with Gasteiger partial charge in [-0.3, -0.25) is 0 Å². The molecule has 11 radical (unpaired) electrons. The predicted octanol–water partition coefficient (Wildman–Crippen LogP) is -1.52. The van der Waals surface area contributed by atoms with Crippen molar-refractivity contribution in [1.82, 2.24) is 0 Å². The van der Waals surface area contributed by atoms with Crippen LogP contribution >= 0.6 is 0 Å². The van der Waals surface area contributed by atoms with Crippen LogP contribution in [0.4, 0.5) is 0 Å². The van der Waals surface area contributed by atoms with Gasteiger partial charge >= 0.3 is 0 Å². The van der Waals surface area contributed by atoms with E-state index in [9.17, 15) is 0 Å². The van der Waals surface area contributed by atoms with E-state index < -0.39 is 0 Å². The molecule has 0 aliphatic carbocycles. The Balaban J connectivity index is 0. The molecule has 0 atom stereocenters. The summed E-state index contributed by atoms with van der Waals surface area (Å²) in [6.07, 6.45) is 0. The largest absolute Gasteiger partial charge is 0 e. The summed E-state index contributed by atoms with van der Waals surface area (Å²) in [6.45, 7) is 0. The Morgan fingerprint density at radius 3 is 1.00 bits per heavy atom. The Labute approximate surface area is 110 Å². The van der Waals surface area contributed by atoms with Gasteiger partial charge in [-0.15, -0.1) is 0 Å². The minimum absolute atomic E-state index is 0. The molecule has 4 heavy (non-hydrogen) atoms. The Morgan fingerprint density at radius 2 is 1.00 bits per heavy atom. The van der Waals surface area contributed by atoms with Crippen molar-refractivity contribution in [3.05, 3.63) is 0 Å². The maximum Gasteiger partial charge on any atom is 0 e. The first-order chi connectivity index (χ1) is 0. The van der Waals surface area contributed by atoms with E-state index in [-0.39, 0.29) is 114 Å². The summed E-state index contributed by atoms with van der Waals surface area (Å²) < 4.78 is 0. The molecule has 11 valence electrons. The summed E-state index contributed by atoms with van der Waals surface area (Å²) in [6, 6.07) is 0. The van der Waals surface area contributed by atoms with E-state index >= 15 is 0 Å². The number of hydrogen-bond acceptors (Lipinski definition) is 0. The van der Waals surface area contributed by atoms with Crippen molar-refractivity contribution in [1.29, 1.82) is 0 Å². The number of hydrogen-bond donors (Lipinski definition) is 0. The third kappa shape index (κ3) is 9.01. The van der Waals surface area contributed by atoms with Gasteiger partial charge in [0.05, 0.1) is 0 Å². The Morgan fingerprint density at radius 1 is 1.00 bits per heavy atom. The second-order valence-electron chi connectivity index (χ2n) is 0. The average Bonchev–Trinajstić information content (AvgIpc) is 0. The van der Waals surface area contributed by atoms with Crippen molar-refractivity contribution in [3.8, 4) is 0 Å². The fourth-order valence-corrected chi connectivity index (χ4v) is 0. The molecule has 0 rings (SSSR count). The van der Waals surface area contributed by atoms with E-state index in [4.69, 9.17) is 0 Å². The van der Waals surface area contributed by atoms with Gasteiger partial charge < -0.3 is 0 Å². The van der Waals surface area contributed by atoms with Crippen molar-refractivity contribution in [2.45, 2.75) is 0 Å². The van der Waals surface area contributed by atoms with E-state index in [2.05, 4.69) is 0 Å². The molecule has 0 aromatic rings. The SMILES string of the molecule is [B].[Ba].[Si].[Sr]. The van der Waals surface area contributed by atoms with Gasteiger partial charge in [0.25, 0.3) is 0 Å². The van der Waals surface area contributed by atoms with Crippen molar-refractivity contribution < 1.29 is 0 Å². The second kappa shape index (κ2) is 16.2. The van der Waals surface area contributed by atoms with E-state index in [1.165, 1.54) is 0 Å². The summed E-state index contributed by atoms with van der Waals surface area (Å²) in [5, 5.41) is 0. The van der Waals surface area contributed by atoms with Gasteiger partial charge in [0, 0.05) is 114 Å². The smallest absolute Gasteiger partial charge is 0 e. The first-order valence-electron chi connectivity index (χ1n) is 0. The van der Waals surface area contributed by atoms with Gasteiger partial charge in [0.15, 0.2) is 0 Å². The molecule has 4 heteroatoms. The van der Waals surface area contributed by atoms with Gasteiger partial charge in [0.1, 0.15) is 0 Å². The summed E-state index contributed by atoms with van der Waals surface area (Å²) in [7, 11) is 0. The minimum atomic E-state index is 0. The molecule has 0 fully saturated rings. The second-order valence-corrected chi connectivity index (χ2v) is 0. The molecular weight excluding hydrogens is 264 g/mol. The maximum atomic E-state index is 0. The van der Waals surface area contributed by atoms with Crippen LogP contribution in [-0.4, -0.2) is 114 Å². The van der Waals surface area contributed by atoms with E-state index in [0.717, 1.165) is 0 Å². The standard InChI is InChI=1S/B.Ba.Si.Sr. The topological polar surface area (TPSA) is 0 Å². The molecule has 0 unspecified atom stereocenters. The molecule has 0 saturated carbocycles. The van der Waals surface area contributed by atoms with Gasteiger partial charge in [-0.1, -0.05) is 0 Å². The van der Waals surface area contributed by atoms with Crippen LogP contribution in [0.25, 0.3) is 0 Å². The summed E-state index contributed by atoms with van der Waals surface area (Å²) in [5.41, 5.74) is 0. The zero-order valence-corrected chi connectivity index (χ0v) is 11.4. The van der Waals surface area contributed by atoms with Crippen molar-refractivity contribution in [2.75, 3.05) is 0 Å². The van der Waals surface area contributed by atoms with Crippen molar-refractivity contribution in [2.24, 2.45) is 0 Å². The van der Waals surface area contributed by atoms with Crippen molar-refractivity contribution in [3.63, 3.8) is 0 Å². The Kier molecular flexibility index (Phi) is 107. The zero-order valence-electron chi connectivity index (χ0n) is 2.49. The summed E-state index contributed by atoms with van der Waals surface area (Å²) in [4.78, 5) is 0. The normalized spacial score (nSPS) is 0. The number of rotatable bonds is 0. The fourth-order valence-electron chi connectivity index (χ4n) is 0. The van der Waals surface area contributed by atoms with Crippen LogP contribution < -0.4 is 0 Å². The molecule has 0 heterocycles. The summed E-state index contributed by atoms with van der Waals surface area (Å²) >= 11 is 0. The Bertz CT molecular complexity index is 8.00. The first-order valence-corrected chi connectivity index (χ1v) is 0. The quantitative estimate of drug-likeness (QED) is 0.466. The maximum absolute atomic E-state index is 0. The van der Waals surface area contributed by atoms with Gasteiger partial charge in [0.2, 0.25) is 0 Å². The molecule has 0 aliphatic rings. The molecular formula is BBaSiSr. The van der Waals surface area contributed by atoms with Crippen LogP contribution in [0.3, 0.4) is 0 Å². The first kappa shape index (κ1) is 26.5. The van der Waals surface area contributed by atoms with Crippen LogP contribution in [0, 0.1) is 0 Å². The van der Waals surface area contributed by atoms with Crippen LogP contribution in [0.2, 0.25) is 0 Å². The monoisotopic (exact) mass is 265 g/mol. The molecule has 0 amide bonds. The molecule has 0 aliphatic heterocycles. The summed E-state index contributed by atoms with van der Waals surface area (Å²) in [5.74, 6) is 0. The fraction of sp³-hybridized carbons (Fsp3) is 0. The molecule has 0 N–H and O–H groups in total.